The predicted molar refractivity (Wildman–Crippen MR) is 71.0 cm³/mol. The average Bonchev–Trinajstić information content (AvgIpc) is 2.60. The van der Waals surface area contributed by atoms with Crippen LogP contribution in [0.1, 0.15) is 5.56 Å². The minimum atomic E-state index is -0.202. The summed E-state index contributed by atoms with van der Waals surface area (Å²) in [5, 5.41) is 12.0. The number of thioether (sulfide) groups is 1. The third kappa shape index (κ3) is 2.59. The van der Waals surface area contributed by atoms with Crippen LogP contribution in [-0.2, 0) is 4.79 Å². The van der Waals surface area contributed by atoms with Crippen molar-refractivity contribution < 1.29 is 14.6 Å². The monoisotopic (exact) mass is 267 g/mol. The number of rotatable bonds is 2. The fourth-order valence-electron chi connectivity index (χ4n) is 1.36. The molecule has 1 aromatic rings. The first-order valence-corrected chi connectivity index (χ1v) is 5.94. The topological polar surface area (TPSA) is 58.6 Å². The van der Waals surface area contributed by atoms with Gasteiger partial charge in [0.15, 0.2) is 11.5 Å². The minimum Gasteiger partial charge on any atom is -0.504 e. The van der Waals surface area contributed by atoms with E-state index in [1.54, 1.807) is 18.2 Å². The number of ether oxygens (including phenoxy) is 1. The zero-order valence-corrected chi connectivity index (χ0v) is 10.5. The molecule has 0 bridgehead atoms. The van der Waals surface area contributed by atoms with Gasteiger partial charge in [-0.05, 0) is 23.8 Å². The van der Waals surface area contributed by atoms with E-state index in [4.69, 9.17) is 17.0 Å². The molecule has 1 saturated heterocycles. The normalized spacial score (nSPS) is 17.4. The van der Waals surface area contributed by atoms with E-state index >= 15 is 0 Å². The number of carbonyl (C=O) groups excluding carboxylic acids is 1. The number of benzene rings is 1. The molecule has 0 atom stereocenters. The smallest absolute Gasteiger partial charge is 0.263 e. The Bertz CT molecular complexity index is 525. The number of carbonyl (C=O) groups is 1. The van der Waals surface area contributed by atoms with E-state index in [1.807, 2.05) is 0 Å². The van der Waals surface area contributed by atoms with Gasteiger partial charge < -0.3 is 15.2 Å². The van der Waals surface area contributed by atoms with Crippen LogP contribution in [0, 0.1) is 0 Å². The molecule has 1 fully saturated rings. The summed E-state index contributed by atoms with van der Waals surface area (Å²) in [6, 6.07) is 4.86. The van der Waals surface area contributed by atoms with Crippen LogP contribution >= 0.6 is 24.0 Å². The fraction of sp³-hybridized carbons (Fsp3) is 0.0909. The van der Waals surface area contributed by atoms with E-state index in [2.05, 4.69) is 5.32 Å². The van der Waals surface area contributed by atoms with Crippen molar-refractivity contribution in [3.63, 3.8) is 0 Å². The Labute approximate surface area is 108 Å². The Kier molecular flexibility index (Phi) is 3.35. The van der Waals surface area contributed by atoms with Crippen molar-refractivity contribution in [1.82, 2.24) is 5.32 Å². The standard InChI is InChI=1S/C11H9NO3S2/c1-15-8-4-6(2-3-7(8)13)5-9-10(14)12-11(16)17-9/h2-5,13H,1H3,(H,12,14,16)/b9-5+. The van der Waals surface area contributed by atoms with Crippen molar-refractivity contribution in [3.8, 4) is 11.5 Å². The van der Waals surface area contributed by atoms with Crippen LogP contribution in [0.15, 0.2) is 23.1 Å². The lowest BCUT2D eigenvalue weighted by Crippen LogP contribution is -2.17. The Morgan fingerprint density at radius 2 is 2.29 bits per heavy atom. The Balaban J connectivity index is 2.33. The lowest BCUT2D eigenvalue weighted by molar-refractivity contribution is -0.115. The molecule has 0 radical (unpaired) electrons. The number of hydrogen-bond acceptors (Lipinski definition) is 5. The van der Waals surface area contributed by atoms with E-state index in [-0.39, 0.29) is 11.7 Å². The molecule has 1 aliphatic heterocycles. The molecule has 0 saturated carbocycles. The van der Waals surface area contributed by atoms with Crippen molar-refractivity contribution in [3.05, 3.63) is 28.7 Å². The van der Waals surface area contributed by atoms with E-state index < -0.39 is 0 Å². The number of phenolic OH excluding ortho intramolecular Hbond substituents is 1. The molecule has 0 aromatic heterocycles. The molecule has 1 aliphatic rings. The number of hydrogen-bond donors (Lipinski definition) is 2. The summed E-state index contributed by atoms with van der Waals surface area (Å²) in [4.78, 5) is 12.0. The van der Waals surface area contributed by atoms with Gasteiger partial charge in [0.2, 0.25) is 0 Å². The number of nitrogens with one attached hydrogen (secondary N) is 1. The Morgan fingerprint density at radius 3 is 2.88 bits per heavy atom. The molecule has 1 heterocycles. The van der Waals surface area contributed by atoms with Crippen molar-refractivity contribution in [2.45, 2.75) is 0 Å². The third-order valence-corrected chi connectivity index (χ3v) is 3.31. The summed E-state index contributed by atoms with van der Waals surface area (Å²) in [6.45, 7) is 0. The zero-order chi connectivity index (χ0) is 12.4. The molecule has 2 N–H and O–H groups in total. The maximum Gasteiger partial charge on any atom is 0.263 e. The van der Waals surface area contributed by atoms with E-state index in [9.17, 15) is 9.90 Å². The van der Waals surface area contributed by atoms with Crippen LogP contribution in [0.4, 0.5) is 0 Å². The summed E-state index contributed by atoms with van der Waals surface area (Å²) < 4.78 is 5.44. The van der Waals surface area contributed by atoms with Gasteiger partial charge in [-0.2, -0.15) is 0 Å². The van der Waals surface area contributed by atoms with Gasteiger partial charge in [-0.25, -0.2) is 0 Å². The molecule has 0 spiro atoms. The van der Waals surface area contributed by atoms with Gasteiger partial charge in [0.05, 0.1) is 12.0 Å². The SMILES string of the molecule is COc1cc(/C=C2/SC(=S)NC2=O)ccc1O. The van der Waals surface area contributed by atoms with Crippen LogP contribution in [0.3, 0.4) is 0 Å². The van der Waals surface area contributed by atoms with Gasteiger partial charge in [-0.1, -0.05) is 30.0 Å². The molecule has 1 aromatic carbocycles. The third-order valence-electron chi connectivity index (χ3n) is 2.14. The van der Waals surface area contributed by atoms with Crippen molar-refractivity contribution in [1.29, 1.82) is 0 Å². The second kappa shape index (κ2) is 4.77. The van der Waals surface area contributed by atoms with Crippen LogP contribution < -0.4 is 10.1 Å². The molecule has 0 unspecified atom stereocenters. The maximum absolute atomic E-state index is 11.4. The van der Waals surface area contributed by atoms with Gasteiger partial charge in [-0.15, -0.1) is 0 Å². The highest BCUT2D eigenvalue weighted by Crippen LogP contribution is 2.30. The zero-order valence-electron chi connectivity index (χ0n) is 8.89. The largest absolute Gasteiger partial charge is 0.504 e. The van der Waals surface area contributed by atoms with Gasteiger partial charge >= 0.3 is 0 Å². The van der Waals surface area contributed by atoms with Crippen molar-refractivity contribution in [2.24, 2.45) is 0 Å². The van der Waals surface area contributed by atoms with Gasteiger partial charge in [0.25, 0.3) is 5.91 Å². The molecule has 2 rings (SSSR count). The maximum atomic E-state index is 11.4. The van der Waals surface area contributed by atoms with Crippen molar-refractivity contribution >= 4 is 40.3 Å². The van der Waals surface area contributed by atoms with Gasteiger partial charge in [0, 0.05) is 0 Å². The minimum absolute atomic E-state index is 0.0636. The Hall–Kier alpha value is -1.53. The Morgan fingerprint density at radius 1 is 1.53 bits per heavy atom. The molecule has 0 aliphatic carbocycles. The van der Waals surface area contributed by atoms with E-state index in [0.29, 0.717) is 15.0 Å². The number of amides is 1. The summed E-state index contributed by atoms with van der Waals surface area (Å²) >= 11 is 6.10. The van der Waals surface area contributed by atoms with Gasteiger partial charge in [-0.3, -0.25) is 4.79 Å². The quantitative estimate of drug-likeness (QED) is 0.633. The summed E-state index contributed by atoms with van der Waals surface area (Å²) in [5.74, 6) is 0.228. The van der Waals surface area contributed by atoms with Crippen LogP contribution in [-0.4, -0.2) is 22.4 Å². The fourth-order valence-corrected chi connectivity index (χ4v) is 2.40. The molecular formula is C11H9NO3S2. The van der Waals surface area contributed by atoms with Gasteiger partial charge in [0.1, 0.15) is 4.32 Å². The first-order chi connectivity index (χ1) is 8.10. The lowest BCUT2D eigenvalue weighted by atomic mass is 10.2. The summed E-state index contributed by atoms with van der Waals surface area (Å²) in [6.07, 6.45) is 1.70. The second-order valence-electron chi connectivity index (χ2n) is 3.28. The molecular weight excluding hydrogens is 258 g/mol. The first-order valence-electron chi connectivity index (χ1n) is 4.72. The molecule has 4 nitrogen and oxygen atoms in total. The molecule has 6 heteroatoms. The highest BCUT2D eigenvalue weighted by molar-refractivity contribution is 8.26. The van der Waals surface area contributed by atoms with Crippen LogP contribution in [0.2, 0.25) is 0 Å². The van der Waals surface area contributed by atoms with E-state index in [1.165, 1.54) is 24.9 Å². The summed E-state index contributed by atoms with van der Waals surface area (Å²) in [7, 11) is 1.47. The highest BCUT2D eigenvalue weighted by atomic mass is 32.2. The number of aromatic hydroxyl groups is 1. The molecule has 17 heavy (non-hydrogen) atoms. The van der Waals surface area contributed by atoms with Crippen LogP contribution in [0.25, 0.3) is 6.08 Å². The molecule has 1 amide bonds. The lowest BCUT2D eigenvalue weighted by Gasteiger charge is -2.03. The first kappa shape index (κ1) is 11.9. The second-order valence-corrected chi connectivity index (χ2v) is 5.00. The van der Waals surface area contributed by atoms with E-state index in [0.717, 1.165) is 5.56 Å². The number of methoxy groups -OCH3 is 1. The predicted octanol–water partition coefficient (Wildman–Crippen LogP) is 1.89. The number of phenols is 1. The molecule has 88 valence electrons. The highest BCUT2D eigenvalue weighted by Gasteiger charge is 2.21. The summed E-state index contributed by atoms with van der Waals surface area (Å²) in [5.41, 5.74) is 0.766. The average molecular weight is 267 g/mol. The van der Waals surface area contributed by atoms with Crippen LogP contribution in [0.5, 0.6) is 11.5 Å². The van der Waals surface area contributed by atoms with Crippen molar-refractivity contribution in [2.75, 3.05) is 7.11 Å². The number of thiocarbonyl (C=S) groups is 1.